The Bertz CT molecular complexity index is 1370. The van der Waals surface area contributed by atoms with Crippen molar-refractivity contribution in [3.05, 3.63) is 80.8 Å². The van der Waals surface area contributed by atoms with Crippen LogP contribution in [0.15, 0.2) is 48.5 Å². The van der Waals surface area contributed by atoms with E-state index in [1.54, 1.807) is 19.1 Å². The van der Waals surface area contributed by atoms with Crippen molar-refractivity contribution in [3.63, 3.8) is 0 Å². The average molecular weight is 479 g/mol. The van der Waals surface area contributed by atoms with E-state index >= 15 is 0 Å². The highest BCUT2D eigenvalue weighted by Crippen LogP contribution is 2.30. The number of fused-ring (bicyclic) bond motifs is 1. The van der Waals surface area contributed by atoms with Crippen LogP contribution in [0, 0.1) is 27.7 Å². The second-order valence-corrected chi connectivity index (χ2v) is 9.29. The molecule has 33 heavy (non-hydrogen) atoms. The van der Waals surface area contributed by atoms with Crippen molar-refractivity contribution < 1.29 is 9.59 Å². The fourth-order valence-electron chi connectivity index (χ4n) is 3.83. The van der Waals surface area contributed by atoms with E-state index in [2.05, 4.69) is 20.9 Å². The first-order chi connectivity index (χ1) is 15.7. The topological polar surface area (TPSA) is 83.1 Å². The zero-order valence-corrected chi connectivity index (χ0v) is 20.2. The number of anilines is 3. The number of aromatic nitrogens is 1. The maximum absolute atomic E-state index is 12.9. The van der Waals surface area contributed by atoms with Gasteiger partial charge in [0.15, 0.2) is 5.13 Å². The van der Waals surface area contributed by atoms with Gasteiger partial charge < -0.3 is 10.6 Å². The minimum absolute atomic E-state index is 0.253. The Balaban J connectivity index is 1.49. The molecule has 0 bridgehead atoms. The van der Waals surface area contributed by atoms with Crippen molar-refractivity contribution in [1.29, 1.82) is 0 Å². The Morgan fingerprint density at radius 1 is 0.879 bits per heavy atom. The highest BCUT2D eigenvalue weighted by Gasteiger charge is 2.18. The first kappa shape index (κ1) is 22.8. The van der Waals surface area contributed by atoms with E-state index in [0.717, 1.165) is 44.5 Å². The summed E-state index contributed by atoms with van der Waals surface area (Å²) in [5.74, 6) is -0.253. The summed E-state index contributed by atoms with van der Waals surface area (Å²) in [4.78, 5) is 30.3. The molecule has 0 aliphatic carbocycles. The molecule has 3 amide bonds. The van der Waals surface area contributed by atoms with Crippen LogP contribution in [0.3, 0.4) is 0 Å². The van der Waals surface area contributed by atoms with Gasteiger partial charge in [-0.05, 0) is 51.0 Å². The maximum Gasteiger partial charge on any atom is 0.325 e. The van der Waals surface area contributed by atoms with Crippen LogP contribution in [-0.2, 0) is 0 Å². The predicted octanol–water partition coefficient (Wildman–Crippen LogP) is 7.08. The van der Waals surface area contributed by atoms with Crippen LogP contribution < -0.4 is 16.0 Å². The molecule has 1 heterocycles. The molecule has 1 aromatic heterocycles. The Kier molecular flexibility index (Phi) is 6.35. The van der Waals surface area contributed by atoms with Crippen molar-refractivity contribution >= 4 is 62.2 Å². The van der Waals surface area contributed by atoms with Gasteiger partial charge in [0.25, 0.3) is 5.91 Å². The molecule has 0 fully saturated rings. The lowest BCUT2D eigenvalue weighted by molar-refractivity contribution is 0.102. The first-order valence-corrected chi connectivity index (χ1v) is 11.5. The molecule has 4 rings (SSSR count). The highest BCUT2D eigenvalue weighted by molar-refractivity contribution is 7.17. The number of carbonyl (C=O) groups excluding carboxylic acids is 2. The quantitative estimate of drug-likeness (QED) is 0.293. The third-order valence-electron chi connectivity index (χ3n) is 5.26. The number of rotatable bonds is 4. The van der Waals surface area contributed by atoms with Crippen LogP contribution in [0.2, 0.25) is 5.02 Å². The van der Waals surface area contributed by atoms with Gasteiger partial charge in [-0.3, -0.25) is 10.1 Å². The highest BCUT2D eigenvalue weighted by atomic mass is 35.5. The standard InChI is InChI=1S/C25H23ClN4O2S/c1-13-11-14(2)21(15(3)12-13)29-23(31)22-16(4)27-25(33-22)30-24(32)28-20-10-9-19(26)17-7-5-6-8-18(17)20/h5-12H,1-4H3,(H,29,31)(H2,27,28,30,32). The Hall–Kier alpha value is -3.42. The fourth-order valence-corrected chi connectivity index (χ4v) is 4.91. The van der Waals surface area contributed by atoms with E-state index in [0.29, 0.717) is 26.4 Å². The number of nitrogens with zero attached hydrogens (tertiary/aromatic N) is 1. The molecule has 4 aromatic rings. The summed E-state index contributed by atoms with van der Waals surface area (Å²) in [6.07, 6.45) is 0. The number of hydrogen-bond donors (Lipinski definition) is 3. The summed E-state index contributed by atoms with van der Waals surface area (Å²) in [5, 5.41) is 11.2. The molecule has 0 spiro atoms. The molecule has 0 aliphatic rings. The van der Waals surface area contributed by atoms with Crippen LogP contribution in [-0.4, -0.2) is 16.9 Å². The second-order valence-electron chi connectivity index (χ2n) is 7.88. The lowest BCUT2D eigenvalue weighted by Gasteiger charge is -2.12. The zero-order chi connectivity index (χ0) is 23.7. The van der Waals surface area contributed by atoms with Gasteiger partial charge in [0.2, 0.25) is 0 Å². The van der Waals surface area contributed by atoms with Gasteiger partial charge in [0, 0.05) is 21.5 Å². The Morgan fingerprint density at radius 2 is 1.55 bits per heavy atom. The van der Waals surface area contributed by atoms with Crippen molar-refractivity contribution in [2.75, 3.05) is 16.0 Å². The lowest BCUT2D eigenvalue weighted by atomic mass is 10.1. The summed E-state index contributed by atoms with van der Waals surface area (Å²) in [7, 11) is 0. The third kappa shape index (κ3) is 4.84. The maximum atomic E-state index is 12.9. The molecule has 0 saturated carbocycles. The minimum Gasteiger partial charge on any atom is -0.321 e. The zero-order valence-electron chi connectivity index (χ0n) is 18.7. The van der Waals surface area contributed by atoms with Crippen LogP contribution in [0.25, 0.3) is 10.8 Å². The summed E-state index contributed by atoms with van der Waals surface area (Å²) in [5.41, 5.74) is 5.10. The Morgan fingerprint density at radius 3 is 2.24 bits per heavy atom. The molecular formula is C25H23ClN4O2S. The van der Waals surface area contributed by atoms with E-state index in [1.807, 2.05) is 57.2 Å². The van der Waals surface area contributed by atoms with E-state index in [-0.39, 0.29) is 5.91 Å². The molecule has 0 atom stereocenters. The molecule has 168 valence electrons. The molecule has 8 heteroatoms. The molecule has 3 N–H and O–H groups in total. The summed E-state index contributed by atoms with van der Waals surface area (Å²) in [6.45, 7) is 7.70. The summed E-state index contributed by atoms with van der Waals surface area (Å²) >= 11 is 7.39. The molecule has 0 aliphatic heterocycles. The normalized spacial score (nSPS) is 10.8. The van der Waals surface area contributed by atoms with Gasteiger partial charge in [0.05, 0.1) is 11.4 Å². The smallest absolute Gasteiger partial charge is 0.321 e. The van der Waals surface area contributed by atoms with Gasteiger partial charge in [-0.15, -0.1) is 0 Å². The Labute approximate surface area is 201 Å². The van der Waals surface area contributed by atoms with Crippen molar-refractivity contribution in [2.24, 2.45) is 0 Å². The predicted molar refractivity (Wildman–Crippen MR) is 137 cm³/mol. The van der Waals surface area contributed by atoms with E-state index < -0.39 is 6.03 Å². The largest absolute Gasteiger partial charge is 0.325 e. The number of benzene rings is 3. The average Bonchev–Trinajstić information content (AvgIpc) is 3.12. The van der Waals surface area contributed by atoms with Gasteiger partial charge >= 0.3 is 6.03 Å². The number of aryl methyl sites for hydroxylation is 4. The van der Waals surface area contributed by atoms with Gasteiger partial charge in [-0.2, -0.15) is 0 Å². The number of hydrogen-bond acceptors (Lipinski definition) is 4. The molecule has 6 nitrogen and oxygen atoms in total. The van der Waals surface area contributed by atoms with E-state index in [9.17, 15) is 9.59 Å². The molecular weight excluding hydrogens is 456 g/mol. The summed E-state index contributed by atoms with van der Waals surface area (Å²) < 4.78 is 0. The number of nitrogens with one attached hydrogen (secondary N) is 3. The van der Waals surface area contributed by atoms with E-state index in [4.69, 9.17) is 11.6 Å². The van der Waals surface area contributed by atoms with E-state index in [1.165, 1.54) is 0 Å². The van der Waals surface area contributed by atoms with Crippen molar-refractivity contribution in [2.45, 2.75) is 27.7 Å². The van der Waals surface area contributed by atoms with Crippen LogP contribution in [0.1, 0.15) is 32.1 Å². The molecule has 0 radical (unpaired) electrons. The number of halogens is 1. The third-order valence-corrected chi connectivity index (χ3v) is 6.66. The number of amides is 3. The second kappa shape index (κ2) is 9.21. The first-order valence-electron chi connectivity index (χ1n) is 10.3. The van der Waals surface area contributed by atoms with Crippen LogP contribution >= 0.6 is 22.9 Å². The van der Waals surface area contributed by atoms with Gasteiger partial charge in [0.1, 0.15) is 4.88 Å². The van der Waals surface area contributed by atoms with Crippen molar-refractivity contribution in [1.82, 2.24) is 4.98 Å². The van der Waals surface area contributed by atoms with Crippen molar-refractivity contribution in [3.8, 4) is 0 Å². The number of urea groups is 1. The van der Waals surface area contributed by atoms with Gasteiger partial charge in [-0.1, -0.05) is 64.9 Å². The monoisotopic (exact) mass is 478 g/mol. The fraction of sp³-hybridized carbons (Fsp3) is 0.160. The van der Waals surface area contributed by atoms with Gasteiger partial charge in [-0.25, -0.2) is 9.78 Å². The molecule has 0 saturated heterocycles. The minimum atomic E-state index is -0.451. The van der Waals surface area contributed by atoms with Crippen LogP contribution in [0.5, 0.6) is 0 Å². The van der Waals surface area contributed by atoms with Crippen LogP contribution in [0.4, 0.5) is 21.3 Å². The SMILES string of the molecule is Cc1cc(C)c(NC(=O)c2sc(NC(=O)Nc3ccc(Cl)c4ccccc34)nc2C)c(C)c1. The number of thiazole rings is 1. The molecule has 3 aromatic carbocycles. The summed E-state index contributed by atoms with van der Waals surface area (Å²) in [6, 6.07) is 14.7. The number of carbonyl (C=O) groups is 2. The molecule has 0 unspecified atom stereocenters. The lowest BCUT2D eigenvalue weighted by Crippen LogP contribution is -2.19.